The number of benzene rings is 2. The molecule has 2 aromatic rings. The summed E-state index contributed by atoms with van der Waals surface area (Å²) in [6, 6.07) is 12.5. The first-order chi connectivity index (χ1) is 12.1. The summed E-state index contributed by atoms with van der Waals surface area (Å²) in [5, 5.41) is 13.4. The first kappa shape index (κ1) is 16.9. The van der Waals surface area contributed by atoms with Gasteiger partial charge in [-0.3, -0.25) is 14.9 Å². The largest absolute Gasteiger partial charge is 0.491 e. The molecule has 0 spiro atoms. The third-order valence-corrected chi connectivity index (χ3v) is 3.89. The zero-order valence-corrected chi connectivity index (χ0v) is 13.5. The van der Waals surface area contributed by atoms with E-state index in [2.05, 4.69) is 5.32 Å². The van der Waals surface area contributed by atoms with Crippen LogP contribution in [0.25, 0.3) is 0 Å². The first-order valence-electron chi connectivity index (χ1n) is 8.02. The minimum atomic E-state index is -0.503. The smallest absolute Gasteiger partial charge is 0.269 e. The number of nitro groups is 1. The Bertz CT molecular complexity index is 754. The van der Waals surface area contributed by atoms with Crippen LogP contribution in [-0.4, -0.2) is 30.1 Å². The highest BCUT2D eigenvalue weighted by Gasteiger charge is 2.16. The average molecular weight is 342 g/mol. The van der Waals surface area contributed by atoms with Crippen molar-refractivity contribution in [1.82, 2.24) is 0 Å². The van der Waals surface area contributed by atoms with E-state index in [1.807, 2.05) is 6.07 Å². The molecule has 1 fully saturated rings. The van der Waals surface area contributed by atoms with Gasteiger partial charge < -0.3 is 14.8 Å². The second-order valence-electron chi connectivity index (χ2n) is 5.73. The molecule has 1 amide bonds. The standard InChI is InChI=1S/C18H18N2O5/c21-18(13-6-8-15(9-7-13)20(22)23)19-14-3-1-4-16(11-14)25-12-17-5-2-10-24-17/h1,3-4,6-9,11,17H,2,5,10,12H2,(H,19,21). The van der Waals surface area contributed by atoms with Crippen LogP contribution in [0.2, 0.25) is 0 Å². The third kappa shape index (κ3) is 4.54. The molecular formula is C18H18N2O5. The van der Waals surface area contributed by atoms with Crippen LogP contribution in [0, 0.1) is 10.1 Å². The van der Waals surface area contributed by atoms with Gasteiger partial charge >= 0.3 is 0 Å². The lowest BCUT2D eigenvalue weighted by Crippen LogP contribution is -2.16. The molecule has 130 valence electrons. The number of rotatable bonds is 6. The first-order valence-corrected chi connectivity index (χ1v) is 8.02. The molecule has 0 radical (unpaired) electrons. The van der Waals surface area contributed by atoms with Gasteiger partial charge in [-0.05, 0) is 37.1 Å². The van der Waals surface area contributed by atoms with E-state index in [0.717, 1.165) is 19.4 Å². The van der Waals surface area contributed by atoms with Crippen LogP contribution < -0.4 is 10.1 Å². The topological polar surface area (TPSA) is 90.7 Å². The van der Waals surface area contributed by atoms with Crippen LogP contribution in [0.3, 0.4) is 0 Å². The van der Waals surface area contributed by atoms with E-state index in [0.29, 0.717) is 23.6 Å². The number of hydrogen-bond acceptors (Lipinski definition) is 5. The molecule has 1 atom stereocenters. The number of carbonyl (C=O) groups excluding carboxylic acids is 1. The van der Waals surface area contributed by atoms with Gasteiger partial charge in [0.05, 0.1) is 11.0 Å². The quantitative estimate of drug-likeness (QED) is 0.642. The average Bonchev–Trinajstić information content (AvgIpc) is 3.14. The molecule has 1 N–H and O–H groups in total. The van der Waals surface area contributed by atoms with Gasteiger partial charge in [-0.25, -0.2) is 0 Å². The molecule has 1 saturated heterocycles. The van der Waals surface area contributed by atoms with Gasteiger partial charge in [-0.2, -0.15) is 0 Å². The van der Waals surface area contributed by atoms with E-state index in [-0.39, 0.29) is 17.7 Å². The maximum Gasteiger partial charge on any atom is 0.269 e. The number of nitro benzene ring substituents is 1. The van der Waals surface area contributed by atoms with E-state index in [1.54, 1.807) is 18.2 Å². The van der Waals surface area contributed by atoms with E-state index in [4.69, 9.17) is 9.47 Å². The molecule has 7 nitrogen and oxygen atoms in total. The fraction of sp³-hybridized carbons (Fsp3) is 0.278. The number of ether oxygens (including phenoxy) is 2. The zero-order valence-electron chi connectivity index (χ0n) is 13.5. The molecule has 1 unspecified atom stereocenters. The predicted molar refractivity (Wildman–Crippen MR) is 92.0 cm³/mol. The minimum absolute atomic E-state index is 0.0546. The molecule has 1 heterocycles. The highest BCUT2D eigenvalue weighted by atomic mass is 16.6. The Morgan fingerprint density at radius 1 is 1.28 bits per heavy atom. The number of nitrogens with one attached hydrogen (secondary N) is 1. The Hall–Kier alpha value is -2.93. The lowest BCUT2D eigenvalue weighted by molar-refractivity contribution is -0.384. The normalized spacial score (nSPS) is 16.4. The number of hydrogen-bond donors (Lipinski definition) is 1. The Balaban J connectivity index is 1.60. The van der Waals surface area contributed by atoms with Crippen LogP contribution in [0.5, 0.6) is 5.75 Å². The molecular weight excluding hydrogens is 324 g/mol. The van der Waals surface area contributed by atoms with Crippen molar-refractivity contribution in [1.29, 1.82) is 0 Å². The summed E-state index contributed by atoms with van der Waals surface area (Å²) in [6.45, 7) is 1.26. The van der Waals surface area contributed by atoms with E-state index in [9.17, 15) is 14.9 Å². The lowest BCUT2D eigenvalue weighted by Gasteiger charge is -2.12. The Labute approximate surface area is 144 Å². The number of amides is 1. The Morgan fingerprint density at radius 2 is 2.08 bits per heavy atom. The molecule has 0 aliphatic carbocycles. The number of non-ortho nitro benzene ring substituents is 1. The summed E-state index contributed by atoms with van der Waals surface area (Å²) in [4.78, 5) is 22.4. The Morgan fingerprint density at radius 3 is 2.76 bits per heavy atom. The van der Waals surface area contributed by atoms with Gasteiger partial charge in [0.2, 0.25) is 0 Å². The summed E-state index contributed by atoms with van der Waals surface area (Å²) in [6.07, 6.45) is 2.17. The molecule has 1 aliphatic rings. The van der Waals surface area contributed by atoms with Crippen molar-refractivity contribution < 1.29 is 19.2 Å². The van der Waals surface area contributed by atoms with Crippen molar-refractivity contribution in [3.63, 3.8) is 0 Å². The molecule has 7 heteroatoms. The fourth-order valence-electron chi connectivity index (χ4n) is 2.57. The van der Waals surface area contributed by atoms with E-state index in [1.165, 1.54) is 24.3 Å². The highest BCUT2D eigenvalue weighted by molar-refractivity contribution is 6.04. The summed E-state index contributed by atoms with van der Waals surface area (Å²) in [5.74, 6) is 0.308. The highest BCUT2D eigenvalue weighted by Crippen LogP contribution is 2.20. The number of carbonyl (C=O) groups is 1. The van der Waals surface area contributed by atoms with Crippen LogP contribution in [0.4, 0.5) is 11.4 Å². The van der Waals surface area contributed by atoms with Crippen molar-refractivity contribution >= 4 is 17.3 Å². The van der Waals surface area contributed by atoms with Crippen LogP contribution in [0.15, 0.2) is 48.5 Å². The predicted octanol–water partition coefficient (Wildman–Crippen LogP) is 3.40. The monoisotopic (exact) mass is 342 g/mol. The Kier molecular flexibility index (Phi) is 5.25. The van der Waals surface area contributed by atoms with Gasteiger partial charge in [0.25, 0.3) is 11.6 Å². The third-order valence-electron chi connectivity index (χ3n) is 3.89. The summed E-state index contributed by atoms with van der Waals surface area (Å²) < 4.78 is 11.2. The van der Waals surface area contributed by atoms with E-state index < -0.39 is 4.92 Å². The molecule has 1 aliphatic heterocycles. The van der Waals surface area contributed by atoms with Crippen molar-refractivity contribution in [2.75, 3.05) is 18.5 Å². The van der Waals surface area contributed by atoms with Gasteiger partial charge in [0, 0.05) is 36.1 Å². The summed E-state index contributed by atoms with van der Waals surface area (Å²) in [5.41, 5.74) is 0.880. The fourth-order valence-corrected chi connectivity index (χ4v) is 2.57. The molecule has 25 heavy (non-hydrogen) atoms. The summed E-state index contributed by atoms with van der Waals surface area (Å²) >= 11 is 0. The van der Waals surface area contributed by atoms with Gasteiger partial charge in [-0.15, -0.1) is 0 Å². The van der Waals surface area contributed by atoms with Crippen molar-refractivity contribution in [2.24, 2.45) is 0 Å². The van der Waals surface area contributed by atoms with E-state index >= 15 is 0 Å². The van der Waals surface area contributed by atoms with Crippen molar-refractivity contribution in [3.05, 3.63) is 64.2 Å². The molecule has 0 aromatic heterocycles. The van der Waals surface area contributed by atoms with Gasteiger partial charge in [-0.1, -0.05) is 6.07 Å². The molecule has 2 aromatic carbocycles. The van der Waals surface area contributed by atoms with Crippen molar-refractivity contribution in [3.8, 4) is 5.75 Å². The second-order valence-corrected chi connectivity index (χ2v) is 5.73. The molecule has 0 saturated carbocycles. The maximum atomic E-state index is 12.2. The number of nitrogens with zero attached hydrogens (tertiary/aromatic N) is 1. The zero-order chi connectivity index (χ0) is 17.6. The maximum absolute atomic E-state index is 12.2. The molecule has 3 rings (SSSR count). The SMILES string of the molecule is O=C(Nc1cccc(OCC2CCCO2)c1)c1ccc([N+](=O)[O-])cc1. The lowest BCUT2D eigenvalue weighted by atomic mass is 10.2. The van der Waals surface area contributed by atoms with Crippen LogP contribution >= 0.6 is 0 Å². The summed E-state index contributed by atoms with van der Waals surface area (Å²) in [7, 11) is 0. The van der Waals surface area contributed by atoms with Crippen LogP contribution in [-0.2, 0) is 4.74 Å². The van der Waals surface area contributed by atoms with Gasteiger partial charge in [0.15, 0.2) is 0 Å². The second kappa shape index (κ2) is 7.76. The van der Waals surface area contributed by atoms with Gasteiger partial charge in [0.1, 0.15) is 12.4 Å². The van der Waals surface area contributed by atoms with Crippen molar-refractivity contribution in [2.45, 2.75) is 18.9 Å². The minimum Gasteiger partial charge on any atom is -0.491 e. The van der Waals surface area contributed by atoms with Crippen LogP contribution in [0.1, 0.15) is 23.2 Å². The number of anilines is 1. The molecule has 0 bridgehead atoms.